The van der Waals surface area contributed by atoms with Crippen molar-refractivity contribution in [3.63, 3.8) is 0 Å². The number of H-pyrrole nitrogens is 1. The molecule has 0 aromatic carbocycles. The molecule has 6 rings (SSSR count). The fourth-order valence-electron chi connectivity index (χ4n) is 4.57. The van der Waals surface area contributed by atoms with Gasteiger partial charge in [0, 0.05) is 37.6 Å². The number of anilines is 4. The molecular formula is C22H21F3N10O2. The molecular weight excluding hydrogens is 493 g/mol. The molecule has 1 aliphatic heterocycles. The van der Waals surface area contributed by atoms with Gasteiger partial charge in [0.25, 0.3) is 0 Å². The number of β-amino-alcohol motifs (C(OH)–C–C–N with tert-alkyl or cyclic N) is 1. The van der Waals surface area contributed by atoms with Gasteiger partial charge in [-0.15, -0.1) is 0 Å². The van der Waals surface area contributed by atoms with Crippen molar-refractivity contribution in [2.75, 3.05) is 22.1 Å². The smallest absolute Gasteiger partial charge is 0.391 e. The molecule has 0 bridgehead atoms. The topological polar surface area (TPSA) is 149 Å². The van der Waals surface area contributed by atoms with E-state index < -0.39 is 29.6 Å². The summed E-state index contributed by atoms with van der Waals surface area (Å²) in [7, 11) is 0. The summed E-state index contributed by atoms with van der Waals surface area (Å²) in [5.74, 6) is 0.400. The molecule has 4 N–H and O–H groups in total. The van der Waals surface area contributed by atoms with Gasteiger partial charge < -0.3 is 20.6 Å². The van der Waals surface area contributed by atoms with E-state index >= 15 is 0 Å². The summed E-state index contributed by atoms with van der Waals surface area (Å²) in [6.45, 7) is 0.107. The van der Waals surface area contributed by atoms with E-state index in [9.17, 15) is 23.1 Å². The van der Waals surface area contributed by atoms with E-state index in [0.29, 0.717) is 5.65 Å². The summed E-state index contributed by atoms with van der Waals surface area (Å²) in [6.07, 6.45) is 1.000. The van der Waals surface area contributed by atoms with Crippen LogP contribution >= 0.6 is 0 Å². The number of amides is 1. The molecule has 0 radical (unpaired) electrons. The predicted octanol–water partition coefficient (Wildman–Crippen LogP) is 2.16. The molecule has 1 saturated carbocycles. The van der Waals surface area contributed by atoms with Gasteiger partial charge in [0.15, 0.2) is 11.6 Å². The Labute approximate surface area is 207 Å². The summed E-state index contributed by atoms with van der Waals surface area (Å²) in [5.41, 5.74) is -1.43. The van der Waals surface area contributed by atoms with E-state index in [1.807, 2.05) is 0 Å². The maximum Gasteiger partial charge on any atom is 0.399 e. The number of aromatic amines is 1. The molecule has 4 aromatic rings. The Balaban J connectivity index is 1.29. The Kier molecular flexibility index (Phi) is 5.25. The Hall–Kier alpha value is -4.27. The third-order valence-electron chi connectivity index (χ3n) is 6.65. The van der Waals surface area contributed by atoms with Gasteiger partial charge in [-0.25, -0.2) is 4.98 Å². The predicted molar refractivity (Wildman–Crippen MR) is 124 cm³/mol. The summed E-state index contributed by atoms with van der Waals surface area (Å²) in [6, 6.07) is 3.99. The number of alkyl halides is 3. The lowest BCUT2D eigenvalue weighted by molar-refractivity contribution is -0.161. The fraction of sp³-hybridized carbons (Fsp3) is 0.364. The van der Waals surface area contributed by atoms with E-state index in [4.69, 9.17) is 0 Å². The first-order valence-corrected chi connectivity index (χ1v) is 11.5. The van der Waals surface area contributed by atoms with Gasteiger partial charge in [0.05, 0.1) is 18.0 Å². The van der Waals surface area contributed by atoms with Crippen molar-refractivity contribution in [1.29, 1.82) is 0 Å². The average molecular weight is 514 g/mol. The number of rotatable bonds is 6. The fourth-order valence-corrected chi connectivity index (χ4v) is 4.57. The van der Waals surface area contributed by atoms with Gasteiger partial charge in [-0.3, -0.25) is 19.3 Å². The molecule has 0 unspecified atom stereocenters. The van der Waals surface area contributed by atoms with Crippen molar-refractivity contribution in [3.8, 4) is 0 Å². The zero-order valence-electron chi connectivity index (χ0n) is 19.1. The van der Waals surface area contributed by atoms with Crippen LogP contribution in [-0.4, -0.2) is 70.4 Å². The quantitative estimate of drug-likeness (QED) is 0.304. The van der Waals surface area contributed by atoms with Crippen LogP contribution in [0.25, 0.3) is 5.65 Å². The van der Waals surface area contributed by atoms with Crippen molar-refractivity contribution in [1.82, 2.24) is 34.5 Å². The number of carbonyl (C=O) groups excluding carboxylic acids is 1. The molecule has 5 heterocycles. The van der Waals surface area contributed by atoms with Gasteiger partial charge in [-0.2, -0.15) is 28.2 Å². The Morgan fingerprint density at radius 3 is 2.78 bits per heavy atom. The van der Waals surface area contributed by atoms with E-state index in [2.05, 4.69) is 40.8 Å². The second-order valence-corrected chi connectivity index (χ2v) is 9.09. The van der Waals surface area contributed by atoms with Crippen LogP contribution in [0.3, 0.4) is 0 Å². The third kappa shape index (κ3) is 4.10. The highest BCUT2D eigenvalue weighted by Gasteiger charge is 2.65. The molecule has 15 heteroatoms. The summed E-state index contributed by atoms with van der Waals surface area (Å²) >= 11 is 0. The van der Waals surface area contributed by atoms with Crippen molar-refractivity contribution in [2.24, 2.45) is 0 Å². The lowest BCUT2D eigenvalue weighted by atomic mass is 10.0. The molecule has 1 saturated heterocycles. The normalized spacial score (nSPS) is 20.8. The first-order chi connectivity index (χ1) is 17.7. The second-order valence-electron chi connectivity index (χ2n) is 9.09. The third-order valence-corrected chi connectivity index (χ3v) is 6.65. The first kappa shape index (κ1) is 23.1. The minimum atomic E-state index is -4.37. The van der Waals surface area contributed by atoms with Gasteiger partial charge in [0.2, 0.25) is 17.8 Å². The van der Waals surface area contributed by atoms with Crippen molar-refractivity contribution in [3.05, 3.63) is 48.7 Å². The average Bonchev–Trinajstić information content (AvgIpc) is 3.18. The molecule has 1 amide bonds. The maximum absolute atomic E-state index is 13.5. The number of halogens is 3. The number of aliphatic hydroxyl groups is 1. The van der Waals surface area contributed by atoms with Crippen LogP contribution in [0, 0.1) is 0 Å². The van der Waals surface area contributed by atoms with E-state index in [0.717, 1.165) is 0 Å². The highest BCUT2D eigenvalue weighted by atomic mass is 19.4. The van der Waals surface area contributed by atoms with Crippen LogP contribution in [0.1, 0.15) is 25.0 Å². The number of nitrogens with one attached hydrogen (secondary N) is 3. The number of carbonyl (C=O) groups is 1. The number of aromatic nitrogens is 7. The van der Waals surface area contributed by atoms with Crippen LogP contribution in [0.5, 0.6) is 0 Å². The number of nitrogens with zero attached hydrogens (tertiary/aromatic N) is 7. The molecule has 37 heavy (non-hydrogen) atoms. The SMILES string of the molecule is O=C(Nc1cnccn1)[C@@H]1C[C@H](O)CN1c1nc(Nc2cc(C3(C(F)(F)F)CC3)[nH]n2)n2cccc2n1. The van der Waals surface area contributed by atoms with Gasteiger partial charge in [0.1, 0.15) is 17.1 Å². The van der Waals surface area contributed by atoms with Crippen molar-refractivity contribution < 1.29 is 23.1 Å². The summed E-state index contributed by atoms with van der Waals surface area (Å²) in [4.78, 5) is 31.6. The minimum absolute atomic E-state index is 0.00688. The summed E-state index contributed by atoms with van der Waals surface area (Å²) < 4.78 is 42.2. The number of hydrogen-bond donors (Lipinski definition) is 4. The van der Waals surface area contributed by atoms with Gasteiger partial charge in [-0.05, 0) is 25.0 Å². The van der Waals surface area contributed by atoms with Crippen LogP contribution in [0.4, 0.5) is 36.7 Å². The summed E-state index contributed by atoms with van der Waals surface area (Å²) in [5, 5.41) is 22.5. The number of hydrogen-bond acceptors (Lipinski definition) is 9. The molecule has 2 fully saturated rings. The molecule has 192 valence electrons. The van der Waals surface area contributed by atoms with Crippen LogP contribution < -0.4 is 15.5 Å². The van der Waals surface area contributed by atoms with Crippen LogP contribution in [0.2, 0.25) is 0 Å². The molecule has 2 aliphatic rings. The van der Waals surface area contributed by atoms with E-state index in [1.165, 1.54) is 24.7 Å². The minimum Gasteiger partial charge on any atom is -0.391 e. The molecule has 1 aliphatic carbocycles. The van der Waals surface area contributed by atoms with E-state index in [-0.39, 0.29) is 55.0 Å². The molecule has 0 spiro atoms. The second kappa shape index (κ2) is 8.40. The molecule has 4 aromatic heterocycles. The number of fused-ring (bicyclic) bond motifs is 1. The monoisotopic (exact) mass is 514 g/mol. The standard InChI is InChI=1S/C22H21F3N10O2/c23-22(24,25)21(3-4-21)14-9-15(33-32-14)29-19-31-20(30-17-2-1-7-34(17)19)35-11-12(36)8-13(35)18(37)28-16-10-26-5-6-27-16/h1-2,5-7,9-10,12-13,36H,3-4,8,11H2,(H,27,28,37)(H2,29,30,31,32,33)/t12-,13-/m0/s1. The molecule has 2 atom stereocenters. The zero-order chi connectivity index (χ0) is 25.8. The van der Waals surface area contributed by atoms with Crippen LogP contribution in [0.15, 0.2) is 43.0 Å². The largest absolute Gasteiger partial charge is 0.399 e. The highest BCUT2D eigenvalue weighted by Crippen LogP contribution is 2.58. The highest BCUT2D eigenvalue weighted by molar-refractivity contribution is 5.96. The first-order valence-electron chi connectivity index (χ1n) is 11.5. The van der Waals surface area contributed by atoms with Crippen molar-refractivity contribution >= 4 is 35.1 Å². The van der Waals surface area contributed by atoms with Gasteiger partial charge in [-0.1, -0.05) is 0 Å². The zero-order valence-corrected chi connectivity index (χ0v) is 19.1. The Morgan fingerprint density at radius 1 is 1.22 bits per heavy atom. The van der Waals surface area contributed by atoms with Crippen LogP contribution in [-0.2, 0) is 10.2 Å². The number of aliphatic hydroxyl groups excluding tert-OH is 1. The van der Waals surface area contributed by atoms with Gasteiger partial charge >= 0.3 is 6.18 Å². The van der Waals surface area contributed by atoms with Crippen molar-refractivity contribution in [2.45, 2.75) is 43.0 Å². The Morgan fingerprint density at radius 2 is 2.05 bits per heavy atom. The maximum atomic E-state index is 13.5. The Bertz CT molecular complexity index is 1450. The van der Waals surface area contributed by atoms with E-state index in [1.54, 1.807) is 27.6 Å². The lowest BCUT2D eigenvalue weighted by Gasteiger charge is -2.24. The lowest BCUT2D eigenvalue weighted by Crippen LogP contribution is -2.41. The molecule has 12 nitrogen and oxygen atoms in total.